The third kappa shape index (κ3) is 3.51. The number of hydrogen-bond donors (Lipinski definition) is 1. The Labute approximate surface area is 122 Å². The summed E-state index contributed by atoms with van der Waals surface area (Å²) in [6, 6.07) is 0.875. The summed E-state index contributed by atoms with van der Waals surface area (Å²) in [5.41, 5.74) is 0. The molecule has 0 atom stereocenters. The van der Waals surface area contributed by atoms with Gasteiger partial charge in [0.2, 0.25) is 5.91 Å². The molecule has 3 fully saturated rings. The van der Waals surface area contributed by atoms with E-state index in [0.717, 1.165) is 51.9 Å². The fraction of sp³-hybridized carbons (Fsp3) is 0.933. The molecule has 5 heteroatoms. The number of nitrogens with zero attached hydrogens (tertiary/aromatic N) is 3. The molecule has 0 unspecified atom stereocenters. The van der Waals surface area contributed by atoms with E-state index in [9.17, 15) is 4.79 Å². The van der Waals surface area contributed by atoms with Gasteiger partial charge in [-0.3, -0.25) is 9.69 Å². The minimum atomic E-state index is 0.341. The standard InChI is InChI=1S/C15H28N4O/c20-15(19-8-5-16-6-9-19)4-7-17-10-12-18(13-11-17)14-2-1-3-14/h14,16H,1-13H2. The van der Waals surface area contributed by atoms with Gasteiger partial charge in [0.25, 0.3) is 0 Å². The van der Waals surface area contributed by atoms with Gasteiger partial charge >= 0.3 is 0 Å². The van der Waals surface area contributed by atoms with Crippen LogP contribution in [0.15, 0.2) is 0 Å². The molecule has 0 aromatic carbocycles. The highest BCUT2D eigenvalue weighted by Crippen LogP contribution is 2.25. The van der Waals surface area contributed by atoms with Crippen molar-refractivity contribution in [3.8, 4) is 0 Å². The Morgan fingerprint density at radius 2 is 1.70 bits per heavy atom. The molecule has 3 aliphatic rings. The highest BCUT2D eigenvalue weighted by molar-refractivity contribution is 5.76. The molecule has 2 saturated heterocycles. The molecule has 0 aromatic rings. The van der Waals surface area contributed by atoms with Gasteiger partial charge in [0, 0.05) is 71.4 Å². The second-order valence-electron chi connectivity index (χ2n) is 6.34. The predicted octanol–water partition coefficient (Wildman–Crippen LogP) is -0.0216. The van der Waals surface area contributed by atoms with Crippen LogP contribution in [0.25, 0.3) is 0 Å². The van der Waals surface area contributed by atoms with E-state index >= 15 is 0 Å². The third-order valence-corrected chi connectivity index (χ3v) is 5.11. The summed E-state index contributed by atoms with van der Waals surface area (Å²) in [4.78, 5) is 19.3. The summed E-state index contributed by atoms with van der Waals surface area (Å²) in [6.45, 7) is 9.30. The summed E-state index contributed by atoms with van der Waals surface area (Å²) in [5, 5.41) is 3.29. The molecule has 2 heterocycles. The molecule has 114 valence electrons. The number of piperazine rings is 2. The van der Waals surface area contributed by atoms with Crippen molar-refractivity contribution >= 4 is 5.91 Å². The van der Waals surface area contributed by atoms with Crippen LogP contribution >= 0.6 is 0 Å². The lowest BCUT2D eigenvalue weighted by Crippen LogP contribution is -2.53. The minimum absolute atomic E-state index is 0.341. The van der Waals surface area contributed by atoms with E-state index in [4.69, 9.17) is 0 Å². The van der Waals surface area contributed by atoms with Gasteiger partial charge in [0.05, 0.1) is 0 Å². The average Bonchev–Trinajstić information content (AvgIpc) is 2.45. The van der Waals surface area contributed by atoms with E-state index < -0.39 is 0 Å². The van der Waals surface area contributed by atoms with Crippen LogP contribution in [0.1, 0.15) is 25.7 Å². The van der Waals surface area contributed by atoms with E-state index in [2.05, 4.69) is 15.1 Å². The molecular weight excluding hydrogens is 252 g/mol. The largest absolute Gasteiger partial charge is 0.340 e. The van der Waals surface area contributed by atoms with Crippen LogP contribution in [0.2, 0.25) is 0 Å². The van der Waals surface area contributed by atoms with E-state index in [1.807, 2.05) is 4.90 Å². The van der Waals surface area contributed by atoms with Gasteiger partial charge in [0.15, 0.2) is 0 Å². The van der Waals surface area contributed by atoms with E-state index in [-0.39, 0.29) is 0 Å². The maximum Gasteiger partial charge on any atom is 0.223 e. The summed E-state index contributed by atoms with van der Waals surface area (Å²) in [7, 11) is 0. The second-order valence-corrected chi connectivity index (χ2v) is 6.34. The number of amides is 1. The zero-order chi connectivity index (χ0) is 13.8. The third-order valence-electron chi connectivity index (χ3n) is 5.11. The Morgan fingerprint density at radius 3 is 2.30 bits per heavy atom. The monoisotopic (exact) mass is 280 g/mol. The summed E-state index contributed by atoms with van der Waals surface area (Å²) < 4.78 is 0. The smallest absolute Gasteiger partial charge is 0.223 e. The van der Waals surface area contributed by atoms with Crippen molar-refractivity contribution in [2.24, 2.45) is 0 Å². The molecule has 1 amide bonds. The van der Waals surface area contributed by atoms with Crippen LogP contribution in [0.3, 0.4) is 0 Å². The fourth-order valence-electron chi connectivity index (χ4n) is 3.43. The van der Waals surface area contributed by atoms with E-state index in [1.54, 1.807) is 0 Å². The lowest BCUT2D eigenvalue weighted by Gasteiger charge is -2.43. The van der Waals surface area contributed by atoms with Gasteiger partial charge in [-0.1, -0.05) is 6.42 Å². The van der Waals surface area contributed by atoms with Gasteiger partial charge in [-0.2, -0.15) is 0 Å². The Morgan fingerprint density at radius 1 is 1.00 bits per heavy atom. The summed E-state index contributed by atoms with van der Waals surface area (Å²) in [5.74, 6) is 0.341. The average molecular weight is 280 g/mol. The van der Waals surface area contributed by atoms with Crippen molar-refractivity contribution in [1.82, 2.24) is 20.0 Å². The SMILES string of the molecule is O=C(CCN1CCN(C2CCC2)CC1)N1CCNCC1. The van der Waals surface area contributed by atoms with Gasteiger partial charge in [-0.15, -0.1) is 0 Å². The molecule has 0 aromatic heterocycles. The molecule has 1 N–H and O–H groups in total. The molecule has 0 spiro atoms. The zero-order valence-electron chi connectivity index (χ0n) is 12.5. The second kappa shape index (κ2) is 6.87. The maximum atomic E-state index is 12.1. The van der Waals surface area contributed by atoms with Crippen molar-refractivity contribution in [2.45, 2.75) is 31.7 Å². The molecule has 3 rings (SSSR count). The number of nitrogens with one attached hydrogen (secondary N) is 1. The molecule has 0 radical (unpaired) electrons. The lowest BCUT2D eigenvalue weighted by atomic mass is 9.91. The number of rotatable bonds is 4. The van der Waals surface area contributed by atoms with Crippen LogP contribution in [-0.4, -0.2) is 85.6 Å². The van der Waals surface area contributed by atoms with Gasteiger partial charge < -0.3 is 15.1 Å². The molecule has 5 nitrogen and oxygen atoms in total. The molecule has 1 aliphatic carbocycles. The highest BCUT2D eigenvalue weighted by atomic mass is 16.2. The van der Waals surface area contributed by atoms with Crippen molar-refractivity contribution in [2.75, 3.05) is 58.9 Å². The zero-order valence-corrected chi connectivity index (χ0v) is 12.5. The lowest BCUT2D eigenvalue weighted by molar-refractivity contribution is -0.132. The van der Waals surface area contributed by atoms with Crippen LogP contribution < -0.4 is 5.32 Å². The highest BCUT2D eigenvalue weighted by Gasteiger charge is 2.28. The normalized spacial score (nSPS) is 26.5. The number of hydrogen-bond acceptors (Lipinski definition) is 4. The Kier molecular flexibility index (Phi) is 4.91. The van der Waals surface area contributed by atoms with Gasteiger partial charge in [0.1, 0.15) is 0 Å². The predicted molar refractivity (Wildman–Crippen MR) is 79.7 cm³/mol. The molecular formula is C15H28N4O. The summed E-state index contributed by atoms with van der Waals surface area (Å²) >= 11 is 0. The first-order chi connectivity index (χ1) is 9.83. The van der Waals surface area contributed by atoms with Crippen LogP contribution in [0.5, 0.6) is 0 Å². The topological polar surface area (TPSA) is 38.8 Å². The number of carbonyl (C=O) groups excluding carboxylic acids is 1. The van der Waals surface area contributed by atoms with Gasteiger partial charge in [-0.05, 0) is 12.8 Å². The van der Waals surface area contributed by atoms with Crippen molar-refractivity contribution < 1.29 is 4.79 Å². The Balaban J connectivity index is 1.33. The fourth-order valence-corrected chi connectivity index (χ4v) is 3.43. The maximum absolute atomic E-state index is 12.1. The van der Waals surface area contributed by atoms with Crippen molar-refractivity contribution in [3.05, 3.63) is 0 Å². The first kappa shape index (κ1) is 14.3. The quantitative estimate of drug-likeness (QED) is 0.785. The van der Waals surface area contributed by atoms with E-state index in [0.29, 0.717) is 12.3 Å². The first-order valence-corrected chi connectivity index (χ1v) is 8.28. The van der Waals surface area contributed by atoms with E-state index in [1.165, 1.54) is 32.4 Å². The van der Waals surface area contributed by atoms with Crippen LogP contribution in [0.4, 0.5) is 0 Å². The molecule has 0 bridgehead atoms. The first-order valence-electron chi connectivity index (χ1n) is 8.28. The minimum Gasteiger partial charge on any atom is -0.340 e. The number of carbonyl (C=O) groups is 1. The van der Waals surface area contributed by atoms with Crippen LogP contribution in [-0.2, 0) is 4.79 Å². The van der Waals surface area contributed by atoms with Gasteiger partial charge in [-0.25, -0.2) is 0 Å². The molecule has 20 heavy (non-hydrogen) atoms. The Bertz CT molecular complexity index is 318. The molecule has 2 aliphatic heterocycles. The Hall–Kier alpha value is -0.650. The molecule has 1 saturated carbocycles. The van der Waals surface area contributed by atoms with Crippen molar-refractivity contribution in [1.29, 1.82) is 0 Å². The van der Waals surface area contributed by atoms with Crippen molar-refractivity contribution in [3.63, 3.8) is 0 Å². The summed E-state index contributed by atoms with van der Waals surface area (Å²) in [6.07, 6.45) is 4.93. The van der Waals surface area contributed by atoms with Crippen LogP contribution in [0, 0.1) is 0 Å².